The number of methoxy groups -OCH3 is 1. The molecule has 0 saturated carbocycles. The largest absolute Gasteiger partial charge is 0.496 e. The van der Waals surface area contributed by atoms with E-state index in [2.05, 4.69) is 4.98 Å². The molecular formula is C20H20F3NO3. The van der Waals surface area contributed by atoms with Gasteiger partial charge >= 0.3 is 6.18 Å². The summed E-state index contributed by atoms with van der Waals surface area (Å²) in [4.78, 5) is 28.1. The van der Waals surface area contributed by atoms with Crippen molar-refractivity contribution in [2.45, 2.75) is 38.8 Å². The average molecular weight is 379 g/mol. The van der Waals surface area contributed by atoms with Crippen molar-refractivity contribution in [2.24, 2.45) is 0 Å². The van der Waals surface area contributed by atoms with E-state index in [-0.39, 0.29) is 18.6 Å². The Morgan fingerprint density at radius 1 is 1.11 bits per heavy atom. The molecule has 1 heterocycles. The maximum absolute atomic E-state index is 13.0. The number of hydrogen-bond acceptors (Lipinski definition) is 4. The number of halogens is 3. The van der Waals surface area contributed by atoms with Gasteiger partial charge in [0.05, 0.1) is 12.7 Å². The van der Waals surface area contributed by atoms with Crippen LogP contribution in [0.2, 0.25) is 0 Å². The normalized spacial score (nSPS) is 11.3. The second kappa shape index (κ2) is 8.79. The lowest BCUT2D eigenvalue weighted by Gasteiger charge is -2.11. The fraction of sp³-hybridized carbons (Fsp3) is 0.350. The second-order valence-electron chi connectivity index (χ2n) is 6.02. The Bertz CT molecular complexity index is 831. The van der Waals surface area contributed by atoms with Gasteiger partial charge in [-0.1, -0.05) is 13.3 Å². The molecule has 0 aliphatic carbocycles. The van der Waals surface area contributed by atoms with Crippen LogP contribution in [-0.2, 0) is 12.6 Å². The molecule has 7 heteroatoms. The summed E-state index contributed by atoms with van der Waals surface area (Å²) in [6, 6.07) is 6.91. The fourth-order valence-electron chi connectivity index (χ4n) is 2.76. The fourth-order valence-corrected chi connectivity index (χ4v) is 2.76. The highest BCUT2D eigenvalue weighted by Crippen LogP contribution is 2.31. The minimum atomic E-state index is -4.67. The molecule has 144 valence electrons. The second-order valence-corrected chi connectivity index (χ2v) is 6.02. The number of carbonyl (C=O) groups is 2. The van der Waals surface area contributed by atoms with Crippen LogP contribution in [0.25, 0.3) is 0 Å². The van der Waals surface area contributed by atoms with Crippen molar-refractivity contribution in [1.29, 1.82) is 0 Å². The van der Waals surface area contributed by atoms with Crippen LogP contribution in [0.15, 0.2) is 36.5 Å². The van der Waals surface area contributed by atoms with E-state index in [1.807, 2.05) is 6.92 Å². The molecule has 0 spiro atoms. The third kappa shape index (κ3) is 5.15. The molecule has 0 saturated heterocycles. The molecule has 27 heavy (non-hydrogen) atoms. The lowest BCUT2D eigenvalue weighted by atomic mass is 9.98. The number of rotatable bonds is 8. The molecule has 0 amide bonds. The summed E-state index contributed by atoms with van der Waals surface area (Å²) in [6.07, 6.45) is -2.48. The van der Waals surface area contributed by atoms with Crippen molar-refractivity contribution in [2.75, 3.05) is 7.11 Å². The zero-order valence-corrected chi connectivity index (χ0v) is 15.1. The first-order chi connectivity index (χ1) is 12.8. The van der Waals surface area contributed by atoms with Crippen LogP contribution in [0.4, 0.5) is 13.2 Å². The minimum absolute atomic E-state index is 0.190. The predicted octanol–water partition coefficient (Wildman–Crippen LogP) is 4.91. The van der Waals surface area contributed by atoms with Gasteiger partial charge in [0.2, 0.25) is 0 Å². The van der Waals surface area contributed by atoms with E-state index in [0.717, 1.165) is 36.7 Å². The number of carbonyl (C=O) groups excluding carboxylic acids is 2. The first kappa shape index (κ1) is 20.6. The molecule has 2 rings (SSSR count). The Kier molecular flexibility index (Phi) is 6.71. The third-order valence-corrected chi connectivity index (χ3v) is 4.08. The lowest BCUT2D eigenvalue weighted by Crippen LogP contribution is -2.15. The Hall–Kier alpha value is -2.70. The number of Topliss-reactive ketones (excluding diaryl/α,β-unsaturated/α-hetero) is 2. The molecule has 0 unspecified atom stereocenters. The average Bonchev–Trinajstić information content (AvgIpc) is 2.65. The van der Waals surface area contributed by atoms with Gasteiger partial charge in [0.15, 0.2) is 11.6 Å². The predicted molar refractivity (Wildman–Crippen MR) is 94.1 cm³/mol. The number of pyridine rings is 1. The summed E-state index contributed by atoms with van der Waals surface area (Å²) < 4.78 is 44.2. The van der Waals surface area contributed by atoms with Crippen molar-refractivity contribution in [3.8, 4) is 5.75 Å². The Morgan fingerprint density at radius 2 is 1.81 bits per heavy atom. The first-order valence-electron chi connectivity index (χ1n) is 8.53. The zero-order chi connectivity index (χ0) is 20.0. The molecule has 0 aliphatic heterocycles. The zero-order valence-electron chi connectivity index (χ0n) is 15.1. The highest BCUT2D eigenvalue weighted by Gasteiger charge is 2.35. The van der Waals surface area contributed by atoms with E-state index < -0.39 is 23.2 Å². The maximum Gasteiger partial charge on any atom is 0.418 e. The number of hydrogen-bond donors (Lipinski definition) is 0. The van der Waals surface area contributed by atoms with Gasteiger partial charge in [0, 0.05) is 24.6 Å². The molecule has 0 bridgehead atoms. The highest BCUT2D eigenvalue weighted by atomic mass is 19.4. The Labute approximate surface area is 155 Å². The van der Waals surface area contributed by atoms with Crippen molar-refractivity contribution < 1.29 is 27.5 Å². The molecular weight excluding hydrogens is 359 g/mol. The molecule has 0 fully saturated rings. The van der Waals surface area contributed by atoms with Crippen LogP contribution in [0, 0.1) is 0 Å². The van der Waals surface area contributed by atoms with Gasteiger partial charge in [-0.3, -0.25) is 14.6 Å². The van der Waals surface area contributed by atoms with Gasteiger partial charge < -0.3 is 4.74 Å². The minimum Gasteiger partial charge on any atom is -0.496 e. The van der Waals surface area contributed by atoms with E-state index in [0.29, 0.717) is 11.3 Å². The number of benzene rings is 1. The molecule has 0 radical (unpaired) electrons. The van der Waals surface area contributed by atoms with Gasteiger partial charge in [0.1, 0.15) is 11.4 Å². The molecule has 1 aromatic heterocycles. The molecule has 0 N–H and O–H groups in total. The maximum atomic E-state index is 13.0. The van der Waals surface area contributed by atoms with E-state index >= 15 is 0 Å². The number of ketones is 2. The summed E-state index contributed by atoms with van der Waals surface area (Å²) in [7, 11) is 1.54. The van der Waals surface area contributed by atoms with Crippen LogP contribution in [-0.4, -0.2) is 23.7 Å². The summed E-state index contributed by atoms with van der Waals surface area (Å²) >= 11 is 0. The highest BCUT2D eigenvalue weighted by molar-refractivity contribution is 6.02. The summed E-state index contributed by atoms with van der Waals surface area (Å²) in [6.45, 7) is 2.00. The van der Waals surface area contributed by atoms with Gasteiger partial charge in [-0.15, -0.1) is 0 Å². The van der Waals surface area contributed by atoms with Crippen molar-refractivity contribution in [3.63, 3.8) is 0 Å². The number of ether oxygens (including phenoxy) is 1. The number of nitrogens with zero attached hydrogens (tertiary/aromatic N) is 1. The topological polar surface area (TPSA) is 56.3 Å². The van der Waals surface area contributed by atoms with E-state index in [1.165, 1.54) is 0 Å². The molecule has 0 aliphatic rings. The van der Waals surface area contributed by atoms with Crippen LogP contribution < -0.4 is 4.74 Å². The van der Waals surface area contributed by atoms with Gasteiger partial charge in [-0.05, 0) is 42.3 Å². The van der Waals surface area contributed by atoms with Crippen molar-refractivity contribution in [1.82, 2.24) is 4.98 Å². The van der Waals surface area contributed by atoms with Gasteiger partial charge in [0.25, 0.3) is 0 Å². The number of aromatic nitrogens is 1. The molecule has 4 nitrogen and oxygen atoms in total. The quantitative estimate of drug-likeness (QED) is 0.612. The molecule has 1 aromatic carbocycles. The monoisotopic (exact) mass is 379 g/mol. The van der Waals surface area contributed by atoms with Gasteiger partial charge in [-0.2, -0.15) is 13.2 Å². The summed E-state index contributed by atoms with van der Waals surface area (Å²) in [5.74, 6) is -0.445. The van der Waals surface area contributed by atoms with Crippen molar-refractivity contribution in [3.05, 3.63) is 58.9 Å². The Balaban J connectivity index is 2.12. The molecule has 0 atom stereocenters. The van der Waals surface area contributed by atoms with Crippen molar-refractivity contribution >= 4 is 11.6 Å². The van der Waals surface area contributed by atoms with Gasteiger partial charge in [-0.25, -0.2) is 0 Å². The number of alkyl halides is 3. The summed E-state index contributed by atoms with van der Waals surface area (Å²) in [5.41, 5.74) is -0.457. The smallest absolute Gasteiger partial charge is 0.418 e. The van der Waals surface area contributed by atoms with Crippen LogP contribution in [0.1, 0.15) is 58.2 Å². The third-order valence-electron chi connectivity index (χ3n) is 4.08. The molecule has 2 aromatic rings. The number of aryl methyl sites for hydroxylation is 1. The van der Waals surface area contributed by atoms with Crippen LogP contribution in [0.3, 0.4) is 0 Å². The van der Waals surface area contributed by atoms with E-state index in [4.69, 9.17) is 4.74 Å². The lowest BCUT2D eigenvalue weighted by molar-refractivity contribution is -0.138. The Morgan fingerprint density at radius 3 is 2.44 bits per heavy atom. The van der Waals surface area contributed by atoms with Crippen LogP contribution >= 0.6 is 0 Å². The SMILES string of the molecule is CCCc1cc(C(=O)CCC(=O)c2ncccc2C(F)(F)F)ccc1OC. The first-order valence-corrected chi connectivity index (χ1v) is 8.53. The van der Waals surface area contributed by atoms with Crippen LogP contribution in [0.5, 0.6) is 5.75 Å². The van der Waals surface area contributed by atoms with E-state index in [9.17, 15) is 22.8 Å². The van der Waals surface area contributed by atoms with E-state index in [1.54, 1.807) is 25.3 Å². The standard InChI is InChI=1S/C20H20F3NO3/c1-3-5-14-12-13(7-10-18(14)27-2)16(25)8-9-17(26)19-15(20(21,22)23)6-4-11-24-19/h4,6-7,10-12H,3,5,8-9H2,1-2H3. The summed E-state index contributed by atoms with van der Waals surface area (Å²) in [5, 5.41) is 0.